The SMILES string of the molecule is CCC(=O)c1nccn1C(C)C. The third-order valence-corrected chi connectivity index (χ3v) is 1.80. The lowest BCUT2D eigenvalue weighted by molar-refractivity contribution is 0.0972. The van der Waals surface area contributed by atoms with E-state index < -0.39 is 0 Å². The summed E-state index contributed by atoms with van der Waals surface area (Å²) >= 11 is 0. The van der Waals surface area contributed by atoms with Crippen molar-refractivity contribution >= 4 is 5.78 Å². The molecule has 12 heavy (non-hydrogen) atoms. The van der Waals surface area contributed by atoms with Gasteiger partial charge in [0, 0.05) is 24.9 Å². The minimum atomic E-state index is 0.105. The highest BCUT2D eigenvalue weighted by atomic mass is 16.1. The van der Waals surface area contributed by atoms with Crippen molar-refractivity contribution in [2.24, 2.45) is 0 Å². The van der Waals surface area contributed by atoms with Crippen LogP contribution in [0.15, 0.2) is 12.4 Å². The monoisotopic (exact) mass is 166 g/mol. The summed E-state index contributed by atoms with van der Waals surface area (Å²) in [6.07, 6.45) is 4.03. The molecule has 1 aromatic heterocycles. The van der Waals surface area contributed by atoms with Gasteiger partial charge in [0.25, 0.3) is 0 Å². The summed E-state index contributed by atoms with van der Waals surface area (Å²) in [5, 5.41) is 0. The molecule has 1 aromatic rings. The zero-order valence-corrected chi connectivity index (χ0v) is 7.74. The molecule has 0 aliphatic heterocycles. The number of imidazole rings is 1. The summed E-state index contributed by atoms with van der Waals surface area (Å²) in [5.74, 6) is 0.682. The quantitative estimate of drug-likeness (QED) is 0.644. The number of carbonyl (C=O) groups excluding carboxylic acids is 1. The molecular weight excluding hydrogens is 152 g/mol. The molecule has 0 saturated carbocycles. The molecule has 0 spiro atoms. The van der Waals surface area contributed by atoms with Gasteiger partial charge in [-0.3, -0.25) is 4.79 Å². The lowest BCUT2D eigenvalue weighted by Gasteiger charge is -2.09. The van der Waals surface area contributed by atoms with Gasteiger partial charge >= 0.3 is 0 Å². The second kappa shape index (κ2) is 3.52. The predicted molar refractivity (Wildman–Crippen MR) is 47.2 cm³/mol. The Kier molecular flexibility index (Phi) is 2.63. The van der Waals surface area contributed by atoms with E-state index in [9.17, 15) is 4.79 Å². The van der Waals surface area contributed by atoms with Crippen LogP contribution in [0, 0.1) is 0 Å². The molecular formula is C9H14N2O. The zero-order valence-electron chi connectivity index (χ0n) is 7.74. The number of carbonyl (C=O) groups is 1. The number of Topliss-reactive ketones (excluding diaryl/α,β-unsaturated/α-hetero) is 1. The Labute approximate surface area is 72.4 Å². The molecule has 3 nitrogen and oxygen atoms in total. The van der Waals surface area contributed by atoms with Crippen LogP contribution in [-0.4, -0.2) is 15.3 Å². The van der Waals surface area contributed by atoms with Crippen molar-refractivity contribution in [2.75, 3.05) is 0 Å². The third-order valence-electron chi connectivity index (χ3n) is 1.80. The summed E-state index contributed by atoms with van der Waals surface area (Å²) < 4.78 is 1.89. The summed E-state index contributed by atoms with van der Waals surface area (Å²) in [6, 6.07) is 0.304. The van der Waals surface area contributed by atoms with Gasteiger partial charge in [0.1, 0.15) is 0 Å². The fourth-order valence-corrected chi connectivity index (χ4v) is 1.10. The molecule has 0 radical (unpaired) electrons. The second-order valence-electron chi connectivity index (χ2n) is 3.03. The Morgan fingerprint density at radius 3 is 2.83 bits per heavy atom. The van der Waals surface area contributed by atoms with Crippen molar-refractivity contribution in [1.29, 1.82) is 0 Å². The molecule has 1 heterocycles. The van der Waals surface area contributed by atoms with Crippen molar-refractivity contribution in [1.82, 2.24) is 9.55 Å². The molecule has 0 aliphatic rings. The first-order valence-electron chi connectivity index (χ1n) is 4.22. The van der Waals surface area contributed by atoms with E-state index in [1.165, 1.54) is 0 Å². The lowest BCUT2D eigenvalue weighted by Crippen LogP contribution is -2.10. The van der Waals surface area contributed by atoms with Gasteiger partial charge in [-0.15, -0.1) is 0 Å². The zero-order chi connectivity index (χ0) is 9.14. The van der Waals surface area contributed by atoms with E-state index in [2.05, 4.69) is 4.98 Å². The van der Waals surface area contributed by atoms with Gasteiger partial charge in [-0.25, -0.2) is 4.98 Å². The van der Waals surface area contributed by atoms with Gasteiger partial charge in [-0.2, -0.15) is 0 Å². The van der Waals surface area contributed by atoms with E-state index in [0.717, 1.165) is 0 Å². The summed E-state index contributed by atoms with van der Waals surface area (Å²) in [4.78, 5) is 15.3. The van der Waals surface area contributed by atoms with Crippen molar-refractivity contribution in [3.8, 4) is 0 Å². The van der Waals surface area contributed by atoms with Crippen LogP contribution in [0.2, 0.25) is 0 Å². The fourth-order valence-electron chi connectivity index (χ4n) is 1.10. The van der Waals surface area contributed by atoms with Crippen LogP contribution < -0.4 is 0 Å². The molecule has 0 atom stereocenters. The Bertz CT molecular complexity index is 276. The molecule has 0 unspecified atom stereocenters. The van der Waals surface area contributed by atoms with Crippen molar-refractivity contribution in [3.63, 3.8) is 0 Å². The molecule has 0 aromatic carbocycles. The highest BCUT2D eigenvalue weighted by molar-refractivity contribution is 5.92. The Balaban J connectivity index is 2.99. The topological polar surface area (TPSA) is 34.9 Å². The number of hydrogen-bond donors (Lipinski definition) is 0. The lowest BCUT2D eigenvalue weighted by atomic mass is 10.3. The van der Waals surface area contributed by atoms with Gasteiger partial charge in [0.15, 0.2) is 11.6 Å². The maximum absolute atomic E-state index is 11.3. The van der Waals surface area contributed by atoms with Crippen LogP contribution in [0.5, 0.6) is 0 Å². The first-order valence-corrected chi connectivity index (χ1v) is 4.22. The molecule has 0 bridgehead atoms. The number of ketones is 1. The van der Waals surface area contributed by atoms with E-state index in [1.54, 1.807) is 6.20 Å². The van der Waals surface area contributed by atoms with Crippen LogP contribution in [0.4, 0.5) is 0 Å². The maximum atomic E-state index is 11.3. The van der Waals surface area contributed by atoms with Crippen LogP contribution in [0.25, 0.3) is 0 Å². The van der Waals surface area contributed by atoms with Crippen LogP contribution in [-0.2, 0) is 0 Å². The number of rotatable bonds is 3. The Morgan fingerprint density at radius 1 is 1.67 bits per heavy atom. The van der Waals surface area contributed by atoms with Gasteiger partial charge in [-0.1, -0.05) is 6.92 Å². The normalized spacial score (nSPS) is 10.7. The van der Waals surface area contributed by atoms with E-state index >= 15 is 0 Å². The molecule has 0 fully saturated rings. The number of nitrogens with zero attached hydrogens (tertiary/aromatic N) is 2. The van der Waals surface area contributed by atoms with Crippen LogP contribution in [0.1, 0.15) is 43.9 Å². The fraction of sp³-hybridized carbons (Fsp3) is 0.556. The van der Waals surface area contributed by atoms with E-state index in [1.807, 2.05) is 31.5 Å². The summed E-state index contributed by atoms with van der Waals surface area (Å²) in [5.41, 5.74) is 0. The predicted octanol–water partition coefficient (Wildman–Crippen LogP) is 2.06. The van der Waals surface area contributed by atoms with Gasteiger partial charge in [0.05, 0.1) is 0 Å². The smallest absolute Gasteiger partial charge is 0.197 e. The highest BCUT2D eigenvalue weighted by Crippen LogP contribution is 2.09. The minimum absolute atomic E-state index is 0.105. The average Bonchev–Trinajstić information content (AvgIpc) is 2.50. The van der Waals surface area contributed by atoms with E-state index in [0.29, 0.717) is 18.3 Å². The molecule has 0 saturated heterocycles. The summed E-state index contributed by atoms with van der Waals surface area (Å²) in [6.45, 7) is 5.92. The molecule has 0 aliphatic carbocycles. The van der Waals surface area contributed by atoms with Crippen molar-refractivity contribution in [3.05, 3.63) is 18.2 Å². The van der Waals surface area contributed by atoms with Gasteiger partial charge < -0.3 is 4.57 Å². The first-order chi connectivity index (χ1) is 5.66. The third kappa shape index (κ3) is 1.55. The molecule has 3 heteroatoms. The standard InChI is InChI=1S/C9H14N2O/c1-4-8(12)9-10-5-6-11(9)7(2)3/h5-7H,4H2,1-3H3. The molecule has 0 amide bonds. The molecule has 0 N–H and O–H groups in total. The Morgan fingerprint density at radius 2 is 2.33 bits per heavy atom. The highest BCUT2D eigenvalue weighted by Gasteiger charge is 2.11. The van der Waals surface area contributed by atoms with E-state index in [4.69, 9.17) is 0 Å². The Hall–Kier alpha value is -1.12. The second-order valence-corrected chi connectivity index (χ2v) is 3.03. The van der Waals surface area contributed by atoms with Gasteiger partial charge in [0.2, 0.25) is 0 Å². The minimum Gasteiger partial charge on any atom is -0.326 e. The largest absolute Gasteiger partial charge is 0.326 e. The van der Waals surface area contributed by atoms with Crippen molar-refractivity contribution < 1.29 is 4.79 Å². The number of hydrogen-bond acceptors (Lipinski definition) is 2. The maximum Gasteiger partial charge on any atom is 0.197 e. The van der Waals surface area contributed by atoms with Crippen LogP contribution >= 0.6 is 0 Å². The number of aromatic nitrogens is 2. The van der Waals surface area contributed by atoms with Crippen LogP contribution in [0.3, 0.4) is 0 Å². The first kappa shape index (κ1) is 8.97. The van der Waals surface area contributed by atoms with E-state index in [-0.39, 0.29) is 5.78 Å². The summed E-state index contributed by atoms with van der Waals surface area (Å²) in [7, 11) is 0. The molecule has 1 rings (SSSR count). The average molecular weight is 166 g/mol. The van der Waals surface area contributed by atoms with Crippen molar-refractivity contribution in [2.45, 2.75) is 33.2 Å². The molecule has 66 valence electrons. The van der Waals surface area contributed by atoms with Gasteiger partial charge in [-0.05, 0) is 13.8 Å².